The van der Waals surface area contributed by atoms with Gasteiger partial charge in [0.1, 0.15) is 0 Å². The van der Waals surface area contributed by atoms with Crippen molar-refractivity contribution in [2.24, 2.45) is 0 Å². The Bertz CT molecular complexity index is 1090. The van der Waals surface area contributed by atoms with Crippen molar-refractivity contribution in [3.8, 4) is 11.1 Å². The molecule has 0 aliphatic heterocycles. The topological polar surface area (TPSA) is 6.48 Å². The van der Waals surface area contributed by atoms with Crippen LogP contribution in [0, 0.1) is 27.7 Å². The molecule has 3 aromatic carbocycles. The number of nitrogens with zero attached hydrogens (tertiary/aromatic N) is 2. The molecular weight excluding hydrogens is 436 g/mol. The maximum absolute atomic E-state index is 3.91. The Morgan fingerprint density at radius 3 is 1.64 bits per heavy atom. The summed E-state index contributed by atoms with van der Waals surface area (Å²) in [7, 11) is 4.21. The predicted octanol–water partition coefficient (Wildman–Crippen LogP) is 8.89. The maximum atomic E-state index is 3.91. The molecule has 2 nitrogen and oxygen atoms in total. The summed E-state index contributed by atoms with van der Waals surface area (Å²) in [5.74, 6) is 0. The molecule has 4 rings (SSSR count). The lowest BCUT2D eigenvalue weighted by molar-refractivity contribution is 0.335. The largest absolute Gasteiger partial charge is 0.349 e. The lowest BCUT2D eigenvalue weighted by Gasteiger charge is -2.19. The van der Waals surface area contributed by atoms with E-state index in [2.05, 4.69) is 120 Å². The predicted molar refractivity (Wildman–Crippen MR) is 161 cm³/mol. The zero-order chi connectivity index (χ0) is 26.8. The van der Waals surface area contributed by atoms with Crippen LogP contribution in [0.4, 0.5) is 5.69 Å². The van der Waals surface area contributed by atoms with Crippen LogP contribution in [0.1, 0.15) is 67.0 Å². The van der Waals surface area contributed by atoms with Gasteiger partial charge in [0, 0.05) is 18.4 Å². The highest BCUT2D eigenvalue weighted by molar-refractivity contribution is 5.77. The Morgan fingerprint density at radius 1 is 0.722 bits per heavy atom. The highest BCUT2D eigenvalue weighted by Gasteiger charge is 2.17. The van der Waals surface area contributed by atoms with E-state index >= 15 is 0 Å². The third kappa shape index (κ3) is 8.38. The smallest absolute Gasteiger partial charge is 0.0408 e. The van der Waals surface area contributed by atoms with Crippen molar-refractivity contribution in [3.63, 3.8) is 0 Å². The number of allylic oxidation sites excluding steroid dienone is 1. The molecule has 0 aromatic heterocycles. The van der Waals surface area contributed by atoms with Gasteiger partial charge in [-0.1, -0.05) is 74.0 Å². The number of aryl methyl sites for hydroxylation is 4. The van der Waals surface area contributed by atoms with Gasteiger partial charge >= 0.3 is 0 Å². The molecule has 0 fully saturated rings. The first-order valence-corrected chi connectivity index (χ1v) is 13.4. The fraction of sp³-hybridized carbons (Fsp3) is 0.412. The van der Waals surface area contributed by atoms with Gasteiger partial charge in [-0.3, -0.25) is 0 Å². The minimum Gasteiger partial charge on any atom is -0.349 e. The van der Waals surface area contributed by atoms with Gasteiger partial charge in [0.15, 0.2) is 0 Å². The van der Waals surface area contributed by atoms with Gasteiger partial charge in [0.25, 0.3) is 0 Å². The summed E-state index contributed by atoms with van der Waals surface area (Å²) >= 11 is 0. The molecule has 1 aliphatic carbocycles. The van der Waals surface area contributed by atoms with Crippen LogP contribution in [0.5, 0.6) is 0 Å². The Balaban J connectivity index is 0.000000200. The van der Waals surface area contributed by atoms with Gasteiger partial charge < -0.3 is 9.80 Å². The molecule has 2 heteroatoms. The highest BCUT2D eigenvalue weighted by atomic mass is 15.1. The van der Waals surface area contributed by atoms with Gasteiger partial charge in [0.05, 0.1) is 0 Å². The second-order valence-corrected chi connectivity index (χ2v) is 10.4. The Kier molecular flexibility index (Phi) is 11.5. The SMILES string of the molecule is C=C(C)N(C)c1ccc(C)c(C)c1.CCCN(C)CCC.Cc1ccc2c(c1)Cc1cc(C)ccc1-2. The zero-order valence-electron chi connectivity index (χ0n) is 24.3. The molecule has 0 bridgehead atoms. The first-order chi connectivity index (χ1) is 17.1. The molecule has 0 amide bonds. The van der Waals surface area contributed by atoms with Gasteiger partial charge in [0.2, 0.25) is 0 Å². The van der Waals surface area contributed by atoms with Gasteiger partial charge in [-0.2, -0.15) is 0 Å². The molecule has 0 N–H and O–H groups in total. The van der Waals surface area contributed by atoms with E-state index in [0.29, 0.717) is 0 Å². The molecule has 0 unspecified atom stereocenters. The van der Waals surface area contributed by atoms with Crippen LogP contribution in [0.3, 0.4) is 0 Å². The Labute approximate surface area is 221 Å². The van der Waals surface area contributed by atoms with Crippen molar-refractivity contribution < 1.29 is 0 Å². The minimum absolute atomic E-state index is 1.06. The van der Waals surface area contributed by atoms with E-state index < -0.39 is 0 Å². The molecule has 0 saturated carbocycles. The van der Waals surface area contributed by atoms with Crippen molar-refractivity contribution in [1.82, 2.24) is 4.90 Å². The van der Waals surface area contributed by atoms with Crippen molar-refractivity contribution in [1.29, 1.82) is 0 Å². The van der Waals surface area contributed by atoms with Crippen LogP contribution in [-0.4, -0.2) is 32.1 Å². The van der Waals surface area contributed by atoms with E-state index in [1.807, 2.05) is 14.0 Å². The molecule has 0 saturated heterocycles. The molecule has 194 valence electrons. The zero-order valence-corrected chi connectivity index (χ0v) is 24.3. The normalized spacial score (nSPS) is 11.1. The molecule has 36 heavy (non-hydrogen) atoms. The molecule has 0 radical (unpaired) electrons. The third-order valence-electron chi connectivity index (χ3n) is 6.85. The number of hydrogen-bond acceptors (Lipinski definition) is 2. The summed E-state index contributed by atoms with van der Waals surface area (Å²) in [6.45, 7) is 21.4. The first kappa shape index (κ1) is 29.4. The maximum Gasteiger partial charge on any atom is 0.0408 e. The quantitative estimate of drug-likeness (QED) is 0.269. The summed E-state index contributed by atoms with van der Waals surface area (Å²) in [6.07, 6.45) is 3.65. The number of hydrogen-bond donors (Lipinski definition) is 0. The van der Waals surface area contributed by atoms with E-state index in [1.54, 1.807) is 0 Å². The van der Waals surface area contributed by atoms with Crippen LogP contribution >= 0.6 is 0 Å². The second kappa shape index (κ2) is 14.0. The van der Waals surface area contributed by atoms with Crippen LogP contribution in [0.15, 0.2) is 66.9 Å². The lowest BCUT2D eigenvalue weighted by Crippen LogP contribution is -2.19. The number of benzene rings is 3. The summed E-state index contributed by atoms with van der Waals surface area (Å²) in [5, 5.41) is 0. The molecule has 0 atom stereocenters. The van der Waals surface area contributed by atoms with Gasteiger partial charge in [-0.25, -0.2) is 0 Å². The van der Waals surface area contributed by atoms with E-state index in [0.717, 1.165) is 12.1 Å². The minimum atomic E-state index is 1.06. The van der Waals surface area contributed by atoms with Crippen molar-refractivity contribution in [3.05, 3.63) is 100 Å². The number of fused-ring (bicyclic) bond motifs is 3. The monoisotopic (exact) mass is 484 g/mol. The van der Waals surface area contributed by atoms with Crippen molar-refractivity contribution in [2.45, 2.75) is 67.7 Å². The first-order valence-electron chi connectivity index (χ1n) is 13.4. The van der Waals surface area contributed by atoms with Gasteiger partial charge in [-0.05, 0) is 120 Å². The van der Waals surface area contributed by atoms with Gasteiger partial charge in [-0.15, -0.1) is 0 Å². The van der Waals surface area contributed by atoms with Crippen molar-refractivity contribution >= 4 is 5.69 Å². The van der Waals surface area contributed by atoms with E-state index in [4.69, 9.17) is 0 Å². The van der Waals surface area contributed by atoms with Crippen LogP contribution in [0.2, 0.25) is 0 Å². The van der Waals surface area contributed by atoms with E-state index in [9.17, 15) is 0 Å². The van der Waals surface area contributed by atoms with Crippen LogP contribution < -0.4 is 4.90 Å². The molecule has 1 aliphatic rings. The fourth-order valence-electron chi connectivity index (χ4n) is 4.50. The van der Waals surface area contributed by atoms with E-state index in [1.165, 1.54) is 76.1 Å². The average Bonchev–Trinajstić information content (AvgIpc) is 3.17. The summed E-state index contributed by atoms with van der Waals surface area (Å²) in [6, 6.07) is 20.0. The number of anilines is 1. The van der Waals surface area contributed by atoms with Crippen LogP contribution in [-0.2, 0) is 6.42 Å². The van der Waals surface area contributed by atoms with Crippen molar-refractivity contribution in [2.75, 3.05) is 32.1 Å². The Morgan fingerprint density at radius 2 is 1.22 bits per heavy atom. The third-order valence-corrected chi connectivity index (χ3v) is 6.85. The fourth-order valence-corrected chi connectivity index (χ4v) is 4.50. The van der Waals surface area contributed by atoms with E-state index in [-0.39, 0.29) is 0 Å². The molecular formula is C34H48N2. The average molecular weight is 485 g/mol. The Hall–Kier alpha value is -2.84. The lowest BCUT2D eigenvalue weighted by atomic mass is 10.0. The molecule has 0 heterocycles. The highest BCUT2D eigenvalue weighted by Crippen LogP contribution is 2.37. The molecule has 0 spiro atoms. The summed E-state index contributed by atoms with van der Waals surface area (Å²) < 4.78 is 0. The molecule has 3 aromatic rings. The standard InChI is InChI=1S/C15H14.C12H17N.C7H17N/c1-10-3-5-14-12(7-10)9-13-8-11(2)4-6-15(13)14;1-9(2)13(5)12-7-6-10(3)11(4)8-12;1-4-6-8(3)7-5-2/h3-8H,9H2,1-2H3;6-8H,1H2,2-5H3;4-7H2,1-3H3. The second-order valence-electron chi connectivity index (χ2n) is 10.4. The number of rotatable bonds is 6. The summed E-state index contributed by atoms with van der Waals surface area (Å²) in [5.41, 5.74) is 13.5. The van der Waals surface area contributed by atoms with Crippen LogP contribution in [0.25, 0.3) is 11.1 Å². The summed E-state index contributed by atoms with van der Waals surface area (Å²) in [4.78, 5) is 4.45.